The van der Waals surface area contributed by atoms with Gasteiger partial charge in [-0.05, 0) is 35.4 Å². The maximum absolute atomic E-state index is 13.3. The van der Waals surface area contributed by atoms with Crippen LogP contribution in [0.1, 0.15) is 63.7 Å². The van der Waals surface area contributed by atoms with Gasteiger partial charge in [0.25, 0.3) is 0 Å². The number of ketones is 4. The molecular formula is C40H24N2O8. The lowest BCUT2D eigenvalue weighted by Crippen LogP contribution is -2.22. The molecule has 0 spiro atoms. The largest absolute Gasteiger partial charge is 0.507 e. The number of aromatic hydroxyl groups is 2. The highest BCUT2D eigenvalue weighted by atomic mass is 16.5. The first-order valence-corrected chi connectivity index (χ1v) is 15.4. The van der Waals surface area contributed by atoms with Gasteiger partial charge in [0.05, 0.1) is 33.6 Å². The first-order valence-electron chi connectivity index (χ1n) is 15.4. The van der Waals surface area contributed by atoms with Gasteiger partial charge in [-0.1, -0.05) is 72.8 Å². The number of hydrogen-bond acceptors (Lipinski definition) is 10. The molecule has 0 aliphatic heterocycles. The summed E-state index contributed by atoms with van der Waals surface area (Å²) in [6.07, 6.45) is 0. The molecule has 10 heteroatoms. The van der Waals surface area contributed by atoms with Gasteiger partial charge < -0.3 is 31.2 Å². The minimum atomic E-state index is -0.492. The van der Waals surface area contributed by atoms with Gasteiger partial charge in [0.1, 0.15) is 23.0 Å². The Morgan fingerprint density at radius 3 is 1.04 bits per heavy atom. The summed E-state index contributed by atoms with van der Waals surface area (Å²) in [5.41, 5.74) is 14.5. The van der Waals surface area contributed by atoms with E-state index in [1.807, 2.05) is 0 Å². The predicted molar refractivity (Wildman–Crippen MR) is 184 cm³/mol. The van der Waals surface area contributed by atoms with Crippen LogP contribution in [0.5, 0.6) is 34.5 Å². The number of phenolic OH excluding ortho intramolecular Hbond substituents is 2. The molecule has 0 fully saturated rings. The van der Waals surface area contributed by atoms with E-state index in [1.54, 1.807) is 84.9 Å². The Morgan fingerprint density at radius 2 is 0.720 bits per heavy atom. The van der Waals surface area contributed by atoms with Crippen molar-refractivity contribution < 1.29 is 38.9 Å². The number of hydrogen-bond donors (Lipinski definition) is 4. The fourth-order valence-electron chi connectivity index (χ4n) is 6.40. The number of anilines is 2. The van der Waals surface area contributed by atoms with Crippen molar-refractivity contribution in [2.75, 3.05) is 11.5 Å². The van der Waals surface area contributed by atoms with Crippen molar-refractivity contribution in [1.29, 1.82) is 0 Å². The van der Waals surface area contributed by atoms with E-state index in [0.29, 0.717) is 11.5 Å². The molecule has 2 aliphatic carbocycles. The zero-order valence-electron chi connectivity index (χ0n) is 25.9. The molecule has 6 N–H and O–H groups in total. The Bertz CT molecular complexity index is 2310. The second-order valence-electron chi connectivity index (χ2n) is 11.8. The van der Waals surface area contributed by atoms with Crippen LogP contribution in [0, 0.1) is 0 Å². The molecule has 0 aromatic heterocycles. The van der Waals surface area contributed by atoms with Crippen LogP contribution in [0.2, 0.25) is 0 Å². The van der Waals surface area contributed by atoms with E-state index in [2.05, 4.69) is 0 Å². The molecule has 10 nitrogen and oxygen atoms in total. The lowest BCUT2D eigenvalue weighted by Gasteiger charge is -2.21. The number of nitrogen functional groups attached to an aromatic ring is 2. The van der Waals surface area contributed by atoms with Gasteiger partial charge in [-0.3, -0.25) is 19.2 Å². The highest BCUT2D eigenvalue weighted by Gasteiger charge is 2.36. The van der Waals surface area contributed by atoms with Crippen molar-refractivity contribution in [2.24, 2.45) is 0 Å². The van der Waals surface area contributed by atoms with Gasteiger partial charge in [-0.25, -0.2) is 0 Å². The number of carbonyl (C=O) groups is 4. The molecule has 2 aliphatic rings. The van der Waals surface area contributed by atoms with Crippen LogP contribution in [-0.2, 0) is 0 Å². The fourth-order valence-corrected chi connectivity index (χ4v) is 6.40. The minimum absolute atomic E-state index is 0.0267. The van der Waals surface area contributed by atoms with E-state index in [-0.39, 0.29) is 67.4 Å². The Kier molecular flexibility index (Phi) is 6.76. The number of rotatable bonds is 5. The van der Waals surface area contributed by atoms with Crippen LogP contribution in [0.3, 0.4) is 0 Å². The van der Waals surface area contributed by atoms with Crippen molar-refractivity contribution in [3.63, 3.8) is 0 Å². The molecule has 0 atom stereocenters. The predicted octanol–water partition coefficient (Wildman–Crippen LogP) is 7.06. The Labute approximate surface area is 283 Å². The SMILES string of the molecule is Nc1c(Oc2ccc(-c3ccc(Oc4cc(O)c5c(c4N)C(=O)c4ccccc4C5=O)cc3)cc2)cc(O)c2c1C(=O)c1ccccc1C2=O. The third-order valence-electron chi connectivity index (χ3n) is 8.86. The molecule has 0 saturated heterocycles. The summed E-state index contributed by atoms with van der Waals surface area (Å²) in [7, 11) is 0. The van der Waals surface area contributed by atoms with Gasteiger partial charge in [-0.15, -0.1) is 0 Å². The molecule has 0 amide bonds. The summed E-state index contributed by atoms with van der Waals surface area (Å²) >= 11 is 0. The van der Waals surface area contributed by atoms with E-state index in [1.165, 1.54) is 24.3 Å². The highest BCUT2D eigenvalue weighted by Crippen LogP contribution is 2.44. The molecule has 50 heavy (non-hydrogen) atoms. The number of nitrogens with two attached hydrogens (primary N) is 2. The van der Waals surface area contributed by atoms with Crippen LogP contribution in [0.15, 0.2) is 109 Å². The lowest BCUT2D eigenvalue weighted by atomic mass is 9.82. The van der Waals surface area contributed by atoms with E-state index >= 15 is 0 Å². The average molecular weight is 661 g/mol. The third-order valence-corrected chi connectivity index (χ3v) is 8.86. The van der Waals surface area contributed by atoms with Gasteiger partial charge in [0, 0.05) is 34.4 Å². The van der Waals surface area contributed by atoms with E-state index in [4.69, 9.17) is 20.9 Å². The molecule has 0 bridgehead atoms. The maximum atomic E-state index is 13.3. The van der Waals surface area contributed by atoms with Gasteiger partial charge >= 0.3 is 0 Å². The summed E-state index contributed by atoms with van der Waals surface area (Å²) in [6.45, 7) is 0. The number of fused-ring (bicyclic) bond motifs is 4. The average Bonchev–Trinajstić information content (AvgIpc) is 3.13. The van der Waals surface area contributed by atoms with E-state index in [9.17, 15) is 29.4 Å². The Balaban J connectivity index is 1.02. The smallest absolute Gasteiger partial charge is 0.198 e. The first kappa shape index (κ1) is 30.2. The van der Waals surface area contributed by atoms with Crippen LogP contribution >= 0.6 is 0 Å². The fraction of sp³-hybridized carbons (Fsp3) is 0. The van der Waals surface area contributed by atoms with Gasteiger partial charge in [0.15, 0.2) is 34.6 Å². The standard InChI is InChI=1S/C40H24N2O8/c41-35-29(17-27(43)31-33(35)39(47)25-7-3-1-5-23(25)37(31)45)49-21-13-9-19(10-14-21)20-11-15-22(16-12-20)50-30-18-28(44)32-34(36(30)42)40(48)26-8-4-2-6-24(26)38(32)46/h1-18,43-44H,41-42H2. The summed E-state index contributed by atoms with van der Waals surface area (Å²) < 4.78 is 11.9. The molecule has 8 rings (SSSR count). The summed E-state index contributed by atoms with van der Waals surface area (Å²) in [4.78, 5) is 52.7. The quantitative estimate of drug-likeness (QED) is 0.110. The second kappa shape index (κ2) is 11.2. The number of carbonyl (C=O) groups excluding carboxylic acids is 4. The monoisotopic (exact) mass is 660 g/mol. The Hall–Kier alpha value is -7.20. The van der Waals surface area contributed by atoms with Crippen molar-refractivity contribution in [2.45, 2.75) is 0 Å². The van der Waals surface area contributed by atoms with Crippen molar-refractivity contribution in [3.05, 3.63) is 154 Å². The summed E-state index contributed by atoms with van der Waals surface area (Å²) in [5, 5.41) is 21.5. The van der Waals surface area contributed by atoms with E-state index < -0.39 is 34.6 Å². The molecule has 0 unspecified atom stereocenters. The first-order chi connectivity index (χ1) is 24.1. The summed E-state index contributed by atoms with van der Waals surface area (Å²) in [5.74, 6) is -1.96. The molecular weight excluding hydrogens is 636 g/mol. The highest BCUT2D eigenvalue weighted by molar-refractivity contribution is 6.32. The maximum Gasteiger partial charge on any atom is 0.198 e. The summed E-state index contributed by atoms with van der Waals surface area (Å²) in [6, 6.07) is 29.1. The molecule has 242 valence electrons. The van der Waals surface area contributed by atoms with Crippen molar-refractivity contribution in [1.82, 2.24) is 0 Å². The van der Waals surface area contributed by atoms with Crippen LogP contribution < -0.4 is 20.9 Å². The molecule has 6 aromatic carbocycles. The zero-order chi connectivity index (χ0) is 34.8. The van der Waals surface area contributed by atoms with E-state index in [0.717, 1.165) is 11.1 Å². The zero-order valence-corrected chi connectivity index (χ0v) is 25.9. The molecule has 0 saturated carbocycles. The Morgan fingerprint density at radius 1 is 0.420 bits per heavy atom. The number of phenols is 2. The third kappa shape index (κ3) is 4.58. The van der Waals surface area contributed by atoms with Crippen LogP contribution in [0.25, 0.3) is 11.1 Å². The molecule has 0 heterocycles. The van der Waals surface area contributed by atoms with Crippen LogP contribution in [-0.4, -0.2) is 33.3 Å². The van der Waals surface area contributed by atoms with Crippen LogP contribution in [0.4, 0.5) is 11.4 Å². The number of benzene rings is 6. The minimum Gasteiger partial charge on any atom is -0.507 e. The topological polar surface area (TPSA) is 179 Å². The van der Waals surface area contributed by atoms with Gasteiger partial charge in [0.2, 0.25) is 0 Å². The number of ether oxygens (including phenoxy) is 2. The second-order valence-corrected chi connectivity index (χ2v) is 11.8. The van der Waals surface area contributed by atoms with Crippen molar-refractivity contribution in [3.8, 4) is 45.6 Å². The van der Waals surface area contributed by atoms with Gasteiger partial charge in [-0.2, -0.15) is 0 Å². The molecule has 0 radical (unpaired) electrons. The normalized spacial score (nSPS) is 12.9. The lowest BCUT2D eigenvalue weighted by molar-refractivity contribution is 0.0977. The van der Waals surface area contributed by atoms with Crippen molar-refractivity contribution >= 4 is 34.5 Å². The molecule has 6 aromatic rings.